The highest BCUT2D eigenvalue weighted by Gasteiger charge is 2.28. The van der Waals surface area contributed by atoms with Gasteiger partial charge in [-0.1, -0.05) is 30.3 Å². The van der Waals surface area contributed by atoms with E-state index >= 15 is 0 Å². The molecule has 1 saturated heterocycles. The number of ether oxygens (including phenoxy) is 2. The van der Waals surface area contributed by atoms with Crippen molar-refractivity contribution in [3.63, 3.8) is 0 Å². The smallest absolute Gasteiger partial charge is 0.225 e. The SMILES string of the molecule is CCOc1ccccc1CNC(=O)[C@@H]1CCCN(c2nccn3nc(-c4cccc(OC)c4)cc23)C1. The third-order valence-electron chi connectivity index (χ3n) is 6.55. The molecule has 8 nitrogen and oxygen atoms in total. The van der Waals surface area contributed by atoms with Crippen molar-refractivity contribution >= 4 is 17.2 Å². The first-order valence-electron chi connectivity index (χ1n) is 12.4. The minimum atomic E-state index is -0.110. The van der Waals surface area contributed by atoms with Gasteiger partial charge in [-0.3, -0.25) is 4.79 Å². The summed E-state index contributed by atoms with van der Waals surface area (Å²) in [6.07, 6.45) is 5.39. The van der Waals surface area contributed by atoms with Gasteiger partial charge in [0.25, 0.3) is 0 Å². The second-order valence-corrected chi connectivity index (χ2v) is 8.89. The highest BCUT2D eigenvalue weighted by Crippen LogP contribution is 2.29. The van der Waals surface area contributed by atoms with Gasteiger partial charge in [0.15, 0.2) is 5.82 Å². The van der Waals surface area contributed by atoms with E-state index in [1.165, 1.54) is 0 Å². The molecule has 1 fully saturated rings. The van der Waals surface area contributed by atoms with Crippen molar-refractivity contribution in [3.05, 3.63) is 72.6 Å². The van der Waals surface area contributed by atoms with E-state index in [-0.39, 0.29) is 11.8 Å². The third-order valence-corrected chi connectivity index (χ3v) is 6.55. The number of para-hydroxylation sites is 1. The van der Waals surface area contributed by atoms with E-state index in [9.17, 15) is 4.79 Å². The van der Waals surface area contributed by atoms with E-state index < -0.39 is 0 Å². The summed E-state index contributed by atoms with van der Waals surface area (Å²) >= 11 is 0. The van der Waals surface area contributed by atoms with Crippen molar-refractivity contribution in [2.45, 2.75) is 26.3 Å². The zero-order valence-corrected chi connectivity index (χ0v) is 20.7. The van der Waals surface area contributed by atoms with Gasteiger partial charge < -0.3 is 19.7 Å². The van der Waals surface area contributed by atoms with Crippen LogP contribution in [0.5, 0.6) is 11.5 Å². The maximum atomic E-state index is 13.1. The quantitative estimate of drug-likeness (QED) is 0.400. The Morgan fingerprint density at radius 1 is 1.17 bits per heavy atom. The molecule has 2 aromatic carbocycles. The molecule has 3 heterocycles. The molecule has 0 spiro atoms. The number of hydrogen-bond donors (Lipinski definition) is 1. The van der Waals surface area contributed by atoms with E-state index in [0.29, 0.717) is 19.7 Å². The molecule has 186 valence electrons. The number of aromatic nitrogens is 3. The number of methoxy groups -OCH3 is 1. The van der Waals surface area contributed by atoms with E-state index in [2.05, 4.69) is 15.2 Å². The zero-order chi connectivity index (χ0) is 24.9. The Morgan fingerprint density at radius 3 is 2.92 bits per heavy atom. The Labute approximate surface area is 210 Å². The van der Waals surface area contributed by atoms with Crippen LogP contribution in [0.2, 0.25) is 0 Å². The second kappa shape index (κ2) is 10.7. The third kappa shape index (κ3) is 4.98. The van der Waals surface area contributed by atoms with Gasteiger partial charge in [-0.25, -0.2) is 9.50 Å². The Morgan fingerprint density at radius 2 is 2.06 bits per heavy atom. The van der Waals surface area contributed by atoms with E-state index in [0.717, 1.165) is 59.0 Å². The molecule has 4 aromatic rings. The first-order valence-corrected chi connectivity index (χ1v) is 12.4. The highest BCUT2D eigenvalue weighted by molar-refractivity contribution is 5.81. The van der Waals surface area contributed by atoms with Crippen LogP contribution in [-0.2, 0) is 11.3 Å². The summed E-state index contributed by atoms with van der Waals surface area (Å²) in [5.41, 5.74) is 3.73. The minimum Gasteiger partial charge on any atom is -0.497 e. The maximum Gasteiger partial charge on any atom is 0.225 e. The summed E-state index contributed by atoms with van der Waals surface area (Å²) in [5, 5.41) is 7.88. The second-order valence-electron chi connectivity index (χ2n) is 8.89. The molecule has 0 bridgehead atoms. The lowest BCUT2D eigenvalue weighted by Crippen LogP contribution is -2.43. The monoisotopic (exact) mass is 485 g/mol. The van der Waals surface area contributed by atoms with Gasteiger partial charge in [-0.15, -0.1) is 0 Å². The first kappa shape index (κ1) is 23.7. The predicted molar refractivity (Wildman–Crippen MR) is 139 cm³/mol. The molecular formula is C28H31N5O3. The first-order chi connectivity index (χ1) is 17.7. The van der Waals surface area contributed by atoms with Gasteiger partial charge in [0, 0.05) is 43.2 Å². The lowest BCUT2D eigenvalue weighted by Gasteiger charge is -2.33. The lowest BCUT2D eigenvalue weighted by molar-refractivity contribution is -0.125. The molecule has 1 aliphatic rings. The van der Waals surface area contributed by atoms with Gasteiger partial charge in [0.1, 0.15) is 17.0 Å². The van der Waals surface area contributed by atoms with Crippen LogP contribution in [0.1, 0.15) is 25.3 Å². The van der Waals surface area contributed by atoms with Crippen LogP contribution in [0, 0.1) is 5.92 Å². The van der Waals surface area contributed by atoms with E-state index in [1.54, 1.807) is 13.3 Å². The van der Waals surface area contributed by atoms with E-state index in [4.69, 9.17) is 14.6 Å². The van der Waals surface area contributed by atoms with Crippen molar-refractivity contribution in [2.75, 3.05) is 31.7 Å². The average Bonchev–Trinajstić information content (AvgIpc) is 3.37. The molecule has 1 atom stereocenters. The molecule has 0 aliphatic carbocycles. The average molecular weight is 486 g/mol. The molecule has 36 heavy (non-hydrogen) atoms. The van der Waals surface area contributed by atoms with Crippen LogP contribution in [0.3, 0.4) is 0 Å². The topological polar surface area (TPSA) is 81.0 Å². The molecule has 8 heteroatoms. The number of carbonyl (C=O) groups is 1. The van der Waals surface area contributed by atoms with Crippen molar-refractivity contribution in [1.29, 1.82) is 0 Å². The molecule has 1 aliphatic heterocycles. The van der Waals surface area contributed by atoms with Crippen molar-refractivity contribution in [2.24, 2.45) is 5.92 Å². The van der Waals surface area contributed by atoms with Crippen molar-refractivity contribution < 1.29 is 14.3 Å². The summed E-state index contributed by atoms with van der Waals surface area (Å²) in [5.74, 6) is 2.40. The molecule has 2 aromatic heterocycles. The normalized spacial score (nSPS) is 15.6. The largest absolute Gasteiger partial charge is 0.497 e. The lowest BCUT2D eigenvalue weighted by atomic mass is 9.97. The fraction of sp³-hybridized carbons (Fsp3) is 0.321. The molecule has 0 saturated carbocycles. The van der Waals surface area contributed by atoms with Gasteiger partial charge in [0.2, 0.25) is 5.91 Å². The number of hydrogen-bond acceptors (Lipinski definition) is 6. The van der Waals surface area contributed by atoms with Crippen LogP contribution in [-0.4, -0.2) is 47.3 Å². The van der Waals surface area contributed by atoms with Crippen LogP contribution in [0.25, 0.3) is 16.8 Å². The van der Waals surface area contributed by atoms with Gasteiger partial charge in [-0.05, 0) is 44.0 Å². The number of piperidine rings is 1. The number of nitrogens with one attached hydrogen (secondary N) is 1. The number of fused-ring (bicyclic) bond motifs is 1. The van der Waals surface area contributed by atoms with Crippen LogP contribution in [0.4, 0.5) is 5.82 Å². The number of amides is 1. The number of nitrogens with zero attached hydrogens (tertiary/aromatic N) is 4. The van der Waals surface area contributed by atoms with Crippen molar-refractivity contribution in [1.82, 2.24) is 19.9 Å². The Hall–Kier alpha value is -4.07. The maximum absolute atomic E-state index is 13.1. The van der Waals surface area contributed by atoms with Crippen LogP contribution < -0.4 is 19.7 Å². The predicted octanol–water partition coefficient (Wildman–Crippen LogP) is 4.34. The van der Waals surface area contributed by atoms with E-state index in [1.807, 2.05) is 72.2 Å². The summed E-state index contributed by atoms with van der Waals surface area (Å²) in [4.78, 5) is 20.0. The Balaban J connectivity index is 1.32. The summed E-state index contributed by atoms with van der Waals surface area (Å²) in [6.45, 7) is 4.47. The Bertz CT molecular complexity index is 1350. The molecule has 1 amide bonds. The van der Waals surface area contributed by atoms with Crippen molar-refractivity contribution in [3.8, 4) is 22.8 Å². The molecular weight excluding hydrogens is 454 g/mol. The van der Waals surface area contributed by atoms with Gasteiger partial charge in [0.05, 0.1) is 25.3 Å². The van der Waals surface area contributed by atoms with Crippen LogP contribution in [0.15, 0.2) is 67.0 Å². The fourth-order valence-corrected chi connectivity index (χ4v) is 4.73. The fourth-order valence-electron chi connectivity index (χ4n) is 4.73. The molecule has 5 rings (SSSR count). The Kier molecular flexibility index (Phi) is 7.02. The summed E-state index contributed by atoms with van der Waals surface area (Å²) < 4.78 is 12.9. The number of anilines is 1. The number of rotatable bonds is 8. The van der Waals surface area contributed by atoms with Gasteiger partial charge >= 0.3 is 0 Å². The molecule has 0 radical (unpaired) electrons. The number of carbonyl (C=O) groups excluding carboxylic acids is 1. The minimum absolute atomic E-state index is 0.0588. The van der Waals surface area contributed by atoms with Gasteiger partial charge in [-0.2, -0.15) is 5.10 Å². The highest BCUT2D eigenvalue weighted by atomic mass is 16.5. The number of benzene rings is 2. The molecule has 1 N–H and O–H groups in total. The molecule has 0 unspecified atom stereocenters. The zero-order valence-electron chi connectivity index (χ0n) is 20.7. The summed E-state index contributed by atoms with van der Waals surface area (Å²) in [6, 6.07) is 17.7. The standard InChI is InChI=1S/C28H31N5O3/c1-3-36-26-12-5-4-8-21(26)18-30-28(34)22-10-7-14-32(19-22)27-25-17-24(31-33(25)15-13-29-27)20-9-6-11-23(16-20)35-2/h4-6,8-9,11-13,15-17,22H,3,7,10,14,18-19H2,1-2H3,(H,30,34)/t22-/m1/s1. The summed E-state index contributed by atoms with van der Waals surface area (Å²) in [7, 11) is 1.66. The van der Waals surface area contributed by atoms with Crippen LogP contribution >= 0.6 is 0 Å².